The summed E-state index contributed by atoms with van der Waals surface area (Å²) in [7, 11) is 23.0. The molecule has 0 saturated heterocycles. The number of ether oxygens (including phenoxy) is 15. The van der Waals surface area contributed by atoms with Crippen LogP contribution in [-0.4, -0.2) is 105 Å². The molecule has 117 heavy (non-hydrogen) atoms. The molecule has 17 aromatic carbocycles. The second kappa shape index (κ2) is 31.2. The lowest BCUT2D eigenvalue weighted by molar-refractivity contribution is 0.285. The van der Waals surface area contributed by atoms with Gasteiger partial charge in [-0.25, -0.2) is 0 Å². The number of hydrogen-bond acceptors (Lipinski definition) is 16. The van der Waals surface area contributed by atoms with E-state index in [0.717, 1.165) is 103 Å². The summed E-state index contributed by atoms with van der Waals surface area (Å²) in [6, 6.07) is 78.9. The molecule has 0 saturated carbocycles. The Kier molecular flexibility index (Phi) is 20.1. The summed E-state index contributed by atoms with van der Waals surface area (Å²) < 4.78 is 101. The molecule has 0 fully saturated rings. The molecule has 0 spiro atoms. The van der Waals surface area contributed by atoms with E-state index < -0.39 is 0 Å². The molecule has 584 valence electrons. The van der Waals surface area contributed by atoms with Crippen molar-refractivity contribution in [3.05, 3.63) is 242 Å². The lowest BCUT2D eigenvalue weighted by atomic mass is 9.81. The second-order valence-corrected chi connectivity index (χ2v) is 28.0. The SMILES string of the molecule is COc1c(O)cc2ccccc2c1-c1c(OC)c(OC)c(-c2c(OC)c(OC)c(-c3c(OC)c(OC)c(-c4c(OC)c(OC)c(-c5c(OC)c(OC)c(-c6c(OC)c(OC)c(-c7c(OC)c(OCc8ccccc8)cc8ccccc78)c7ccccc67)c6ccccc56)c5ccccc45)c4ccccc34)c3ccccc23)c2ccccc12. The molecule has 0 aromatic heterocycles. The van der Waals surface area contributed by atoms with E-state index in [4.69, 9.17) is 71.1 Å². The summed E-state index contributed by atoms with van der Waals surface area (Å²) in [5.74, 6) is 6.15. The van der Waals surface area contributed by atoms with E-state index in [0.29, 0.717) is 154 Å². The smallest absolute Gasteiger partial charge is 0.169 e. The third-order valence-corrected chi connectivity index (χ3v) is 22.6. The van der Waals surface area contributed by atoms with Gasteiger partial charge in [0.15, 0.2) is 92.0 Å². The largest absolute Gasteiger partial charge is 0.504 e. The Morgan fingerprint density at radius 1 is 0.179 bits per heavy atom. The highest BCUT2D eigenvalue weighted by atomic mass is 16.5. The molecule has 16 nitrogen and oxygen atoms in total. The van der Waals surface area contributed by atoms with Gasteiger partial charge in [-0.1, -0.05) is 224 Å². The maximum absolute atomic E-state index is 11.7. The van der Waals surface area contributed by atoms with Crippen LogP contribution < -0.4 is 71.1 Å². The standard InChI is InChI=1S/C101H84O16/c1-103-88-72(102)52-56-36-18-20-38-58(56)74(88)76-60-40-22-24-42-62(60)78(92(107-5)90(76)105-3)80-64-44-26-28-46-66(64)82(96(111-9)94(80)109-7)84-68-48-30-32-50-70(68)86(100(115-13)98(84)113-11)87-71-51-33-31-49-69(71)85(99(114-12)101(87)116-14)83-67-47-29-27-45-65(67)81(95(110-8)97(83)112-10)79-63-43-25-23-41-61(63)77(91(106-4)93(79)108-6)75-59-39-21-19-37-57(59)53-73(89(75)104-2)117-54-55-34-16-15-17-35-55/h15-53,102H,54H2,1-14H3. The van der Waals surface area contributed by atoms with Gasteiger partial charge in [0.05, 0.1) is 99.5 Å². The maximum atomic E-state index is 11.7. The number of phenols is 1. The molecule has 0 unspecified atom stereocenters. The Balaban J connectivity index is 0.904. The molecule has 0 radical (unpaired) electrons. The van der Waals surface area contributed by atoms with E-state index in [2.05, 4.69) is 78.9 Å². The maximum Gasteiger partial charge on any atom is 0.169 e. The third kappa shape index (κ3) is 11.6. The predicted octanol–water partition coefficient (Wildman–Crippen LogP) is 24.0. The van der Waals surface area contributed by atoms with E-state index in [1.807, 2.05) is 152 Å². The van der Waals surface area contributed by atoms with Crippen molar-refractivity contribution in [1.82, 2.24) is 0 Å². The van der Waals surface area contributed by atoms with Gasteiger partial charge < -0.3 is 76.2 Å². The van der Waals surface area contributed by atoms with Gasteiger partial charge in [0.2, 0.25) is 0 Å². The van der Waals surface area contributed by atoms with Crippen LogP contribution >= 0.6 is 0 Å². The molecule has 0 aliphatic heterocycles. The van der Waals surface area contributed by atoms with E-state index >= 15 is 0 Å². The molecular weight excluding hydrogens is 1470 g/mol. The number of benzene rings is 17. The van der Waals surface area contributed by atoms with Crippen LogP contribution in [0.4, 0.5) is 0 Å². The van der Waals surface area contributed by atoms with Crippen molar-refractivity contribution in [2.24, 2.45) is 0 Å². The van der Waals surface area contributed by atoms with Crippen LogP contribution in [0.2, 0.25) is 0 Å². The molecule has 17 rings (SSSR count). The van der Waals surface area contributed by atoms with Crippen LogP contribution in [0.15, 0.2) is 237 Å². The van der Waals surface area contributed by atoms with Gasteiger partial charge in [-0.05, 0) is 104 Å². The molecule has 16 heteroatoms. The molecule has 0 bridgehead atoms. The van der Waals surface area contributed by atoms with Crippen LogP contribution in [0.1, 0.15) is 5.56 Å². The van der Waals surface area contributed by atoms with Crippen molar-refractivity contribution >= 4 is 86.2 Å². The highest BCUT2D eigenvalue weighted by Gasteiger charge is 2.39. The first-order chi connectivity index (χ1) is 57.5. The number of phenolic OH excluding ortho intramolecular Hbond substituents is 1. The number of fused-ring (bicyclic) bond motifs is 8. The molecule has 0 aliphatic rings. The van der Waals surface area contributed by atoms with Crippen LogP contribution in [0.3, 0.4) is 0 Å². The van der Waals surface area contributed by atoms with Crippen molar-refractivity contribution in [2.75, 3.05) is 99.5 Å². The minimum Gasteiger partial charge on any atom is -0.504 e. The first-order valence-electron chi connectivity index (χ1n) is 38.1. The van der Waals surface area contributed by atoms with Crippen LogP contribution in [-0.2, 0) is 6.61 Å². The Bertz CT molecular complexity index is 6820. The number of rotatable bonds is 24. The molecule has 0 atom stereocenters. The Labute approximate surface area is 676 Å². The minimum absolute atomic E-state index is 0.0281. The van der Waals surface area contributed by atoms with Gasteiger partial charge in [0, 0.05) is 77.9 Å². The predicted molar refractivity (Wildman–Crippen MR) is 469 cm³/mol. The van der Waals surface area contributed by atoms with Gasteiger partial charge >= 0.3 is 0 Å². The average molecular weight is 1550 g/mol. The second-order valence-electron chi connectivity index (χ2n) is 28.0. The zero-order valence-electron chi connectivity index (χ0n) is 67.3. The molecule has 17 aromatic rings. The highest BCUT2D eigenvalue weighted by Crippen LogP contribution is 2.67. The molecule has 0 aliphatic carbocycles. The van der Waals surface area contributed by atoms with Crippen molar-refractivity contribution in [3.8, 4) is 170 Å². The van der Waals surface area contributed by atoms with Crippen LogP contribution in [0, 0.1) is 0 Å². The first kappa shape index (κ1) is 75.3. The quantitative estimate of drug-likeness (QED) is 0.0608. The topological polar surface area (TPSA) is 159 Å². The lowest BCUT2D eigenvalue weighted by Crippen LogP contribution is -2.05. The number of aromatic hydroxyl groups is 1. The Hall–Kier alpha value is -14.4. The van der Waals surface area contributed by atoms with E-state index in [-0.39, 0.29) is 11.5 Å². The molecular formula is C101H84O16. The summed E-state index contributed by atoms with van der Waals surface area (Å²) >= 11 is 0. The summed E-state index contributed by atoms with van der Waals surface area (Å²) in [6.07, 6.45) is 0. The third-order valence-electron chi connectivity index (χ3n) is 22.6. The van der Waals surface area contributed by atoms with Gasteiger partial charge in [-0.3, -0.25) is 0 Å². The number of hydrogen-bond donors (Lipinski definition) is 1. The molecule has 0 heterocycles. The molecule has 1 N–H and O–H groups in total. The van der Waals surface area contributed by atoms with Crippen LogP contribution in [0.25, 0.3) is 164 Å². The highest BCUT2D eigenvalue weighted by molar-refractivity contribution is 6.28. The van der Waals surface area contributed by atoms with E-state index in [1.54, 1.807) is 106 Å². The van der Waals surface area contributed by atoms with Crippen molar-refractivity contribution in [2.45, 2.75) is 6.61 Å². The van der Waals surface area contributed by atoms with Gasteiger partial charge in [0.1, 0.15) is 6.61 Å². The minimum atomic E-state index is -0.0281. The summed E-state index contributed by atoms with van der Waals surface area (Å²) in [5.41, 5.74) is 10.4. The monoisotopic (exact) mass is 1550 g/mol. The fraction of sp³-hybridized carbons (Fsp3) is 0.149. The van der Waals surface area contributed by atoms with Gasteiger partial charge in [-0.15, -0.1) is 0 Å². The zero-order chi connectivity index (χ0) is 81.0. The van der Waals surface area contributed by atoms with Crippen molar-refractivity contribution in [1.29, 1.82) is 0 Å². The number of methoxy groups -OCH3 is 14. The van der Waals surface area contributed by atoms with Crippen molar-refractivity contribution < 1.29 is 76.2 Å². The van der Waals surface area contributed by atoms with Gasteiger partial charge in [0.25, 0.3) is 0 Å². The zero-order valence-corrected chi connectivity index (χ0v) is 67.3. The summed E-state index contributed by atoms with van der Waals surface area (Å²) in [6.45, 7) is 0.308. The Morgan fingerprint density at radius 3 is 0.564 bits per heavy atom. The van der Waals surface area contributed by atoms with Crippen LogP contribution in [0.5, 0.6) is 92.0 Å². The molecule has 0 amide bonds. The van der Waals surface area contributed by atoms with E-state index in [9.17, 15) is 5.11 Å². The first-order valence-corrected chi connectivity index (χ1v) is 38.1. The van der Waals surface area contributed by atoms with Gasteiger partial charge in [-0.2, -0.15) is 0 Å². The fourth-order valence-electron chi connectivity index (χ4n) is 18.0. The Morgan fingerprint density at radius 2 is 0.350 bits per heavy atom. The lowest BCUT2D eigenvalue weighted by Gasteiger charge is -2.28. The van der Waals surface area contributed by atoms with E-state index in [1.165, 1.54) is 0 Å². The summed E-state index contributed by atoms with van der Waals surface area (Å²) in [4.78, 5) is 0. The summed E-state index contributed by atoms with van der Waals surface area (Å²) in [5, 5.41) is 24.7. The normalized spacial score (nSPS) is 11.4. The fourth-order valence-corrected chi connectivity index (χ4v) is 18.0. The van der Waals surface area contributed by atoms with Crippen molar-refractivity contribution in [3.63, 3.8) is 0 Å². The average Bonchev–Trinajstić information content (AvgIpc) is 0.708.